The lowest BCUT2D eigenvalue weighted by atomic mass is 9.97. The third-order valence-corrected chi connectivity index (χ3v) is 3.74. The van der Waals surface area contributed by atoms with Crippen LogP contribution >= 0.6 is 0 Å². The van der Waals surface area contributed by atoms with Gasteiger partial charge in [0, 0.05) is 12.6 Å². The van der Waals surface area contributed by atoms with Gasteiger partial charge in [-0.05, 0) is 43.4 Å². The summed E-state index contributed by atoms with van der Waals surface area (Å²) in [5, 5.41) is 9.79. The Bertz CT molecular complexity index is 590. The second-order valence-corrected chi connectivity index (χ2v) is 5.49. The molecule has 1 atom stereocenters. The molecule has 0 spiro atoms. The van der Waals surface area contributed by atoms with Crippen LogP contribution in [0.1, 0.15) is 48.1 Å². The average Bonchev–Trinajstić information content (AvgIpc) is 2.96. The summed E-state index contributed by atoms with van der Waals surface area (Å²) in [5.41, 5.74) is 4.75. The number of H-pyrrole nitrogens is 1. The number of aromatic nitrogens is 2. The third-order valence-electron chi connectivity index (χ3n) is 3.74. The maximum Gasteiger partial charge on any atom is 0.220 e. The summed E-state index contributed by atoms with van der Waals surface area (Å²) in [6.07, 6.45) is 5.68. The average molecular weight is 285 g/mol. The third kappa shape index (κ3) is 4.18. The van der Waals surface area contributed by atoms with E-state index in [1.165, 1.54) is 16.7 Å². The Morgan fingerprint density at radius 2 is 2.19 bits per heavy atom. The molecule has 0 aliphatic heterocycles. The van der Waals surface area contributed by atoms with Crippen LogP contribution in [0.3, 0.4) is 0 Å². The lowest BCUT2D eigenvalue weighted by Crippen LogP contribution is -2.28. The molecule has 0 radical (unpaired) electrons. The smallest absolute Gasteiger partial charge is 0.220 e. The normalized spacial score (nSPS) is 12.1. The summed E-state index contributed by atoms with van der Waals surface area (Å²) < 4.78 is 0. The first-order valence-corrected chi connectivity index (χ1v) is 7.44. The largest absolute Gasteiger partial charge is 0.349 e. The standard InChI is InChI=1S/C17H23N3O/c1-4-16(15-7-5-12(2)9-13(15)3)20-17(21)8-6-14-10-18-19-11-14/h5,7,9-11,16H,4,6,8H2,1-3H3,(H,18,19)(H,20,21). The topological polar surface area (TPSA) is 57.8 Å². The SMILES string of the molecule is CCC(NC(=O)CCc1cn[nH]c1)c1ccc(C)cc1C. The molecule has 21 heavy (non-hydrogen) atoms. The zero-order chi connectivity index (χ0) is 15.2. The van der Waals surface area contributed by atoms with Crippen LogP contribution in [0.5, 0.6) is 0 Å². The number of aryl methyl sites for hydroxylation is 3. The van der Waals surface area contributed by atoms with Gasteiger partial charge in [-0.3, -0.25) is 9.89 Å². The summed E-state index contributed by atoms with van der Waals surface area (Å²) in [6.45, 7) is 6.28. The van der Waals surface area contributed by atoms with E-state index < -0.39 is 0 Å². The summed E-state index contributed by atoms with van der Waals surface area (Å²) in [5.74, 6) is 0.0861. The van der Waals surface area contributed by atoms with Crippen molar-refractivity contribution >= 4 is 5.91 Å². The Balaban J connectivity index is 1.96. The van der Waals surface area contributed by atoms with Gasteiger partial charge in [-0.1, -0.05) is 30.7 Å². The van der Waals surface area contributed by atoms with Gasteiger partial charge in [0.15, 0.2) is 0 Å². The van der Waals surface area contributed by atoms with Crippen molar-refractivity contribution in [3.63, 3.8) is 0 Å². The molecule has 0 bridgehead atoms. The van der Waals surface area contributed by atoms with E-state index in [4.69, 9.17) is 0 Å². The molecule has 112 valence electrons. The summed E-state index contributed by atoms with van der Waals surface area (Å²) in [4.78, 5) is 12.1. The predicted molar refractivity (Wildman–Crippen MR) is 84.0 cm³/mol. The van der Waals surface area contributed by atoms with Gasteiger partial charge < -0.3 is 5.32 Å². The van der Waals surface area contributed by atoms with E-state index >= 15 is 0 Å². The van der Waals surface area contributed by atoms with Crippen molar-refractivity contribution in [2.45, 2.75) is 46.1 Å². The number of aromatic amines is 1. The molecule has 0 aliphatic carbocycles. The molecule has 1 amide bonds. The van der Waals surface area contributed by atoms with E-state index in [9.17, 15) is 4.79 Å². The van der Waals surface area contributed by atoms with E-state index in [0.29, 0.717) is 12.8 Å². The second kappa shape index (κ2) is 7.07. The molecule has 2 aromatic rings. The number of rotatable bonds is 6. The quantitative estimate of drug-likeness (QED) is 0.856. The molecule has 4 heteroatoms. The zero-order valence-corrected chi connectivity index (χ0v) is 12.9. The summed E-state index contributed by atoms with van der Waals surface area (Å²) >= 11 is 0. The predicted octanol–water partition coefficient (Wildman–Crippen LogP) is 3.23. The highest BCUT2D eigenvalue weighted by atomic mass is 16.1. The van der Waals surface area contributed by atoms with E-state index in [-0.39, 0.29) is 11.9 Å². The number of hydrogen-bond acceptors (Lipinski definition) is 2. The number of nitrogens with zero attached hydrogens (tertiary/aromatic N) is 1. The highest BCUT2D eigenvalue weighted by molar-refractivity contribution is 5.76. The molecule has 4 nitrogen and oxygen atoms in total. The first-order chi connectivity index (χ1) is 10.1. The van der Waals surface area contributed by atoms with E-state index in [0.717, 1.165) is 12.0 Å². The van der Waals surface area contributed by atoms with Crippen molar-refractivity contribution < 1.29 is 4.79 Å². The lowest BCUT2D eigenvalue weighted by Gasteiger charge is -2.20. The molecule has 2 N–H and O–H groups in total. The van der Waals surface area contributed by atoms with Crippen LogP contribution in [0.25, 0.3) is 0 Å². The number of amides is 1. The van der Waals surface area contributed by atoms with Gasteiger partial charge in [0.05, 0.1) is 12.2 Å². The molecular weight excluding hydrogens is 262 g/mol. The van der Waals surface area contributed by atoms with Crippen molar-refractivity contribution in [3.8, 4) is 0 Å². The second-order valence-electron chi connectivity index (χ2n) is 5.49. The van der Waals surface area contributed by atoms with Crippen molar-refractivity contribution in [1.29, 1.82) is 0 Å². The lowest BCUT2D eigenvalue weighted by molar-refractivity contribution is -0.121. The zero-order valence-electron chi connectivity index (χ0n) is 12.9. The van der Waals surface area contributed by atoms with Gasteiger partial charge in [0.25, 0.3) is 0 Å². The van der Waals surface area contributed by atoms with Crippen LogP contribution in [-0.2, 0) is 11.2 Å². The van der Waals surface area contributed by atoms with Crippen LogP contribution in [-0.4, -0.2) is 16.1 Å². The highest BCUT2D eigenvalue weighted by Crippen LogP contribution is 2.21. The Kier molecular flexibility index (Phi) is 5.14. The molecular formula is C17H23N3O. The van der Waals surface area contributed by atoms with Gasteiger partial charge in [-0.25, -0.2) is 0 Å². The number of hydrogen-bond donors (Lipinski definition) is 2. The van der Waals surface area contributed by atoms with Crippen molar-refractivity contribution in [1.82, 2.24) is 15.5 Å². The first-order valence-electron chi connectivity index (χ1n) is 7.44. The minimum Gasteiger partial charge on any atom is -0.349 e. The summed E-state index contributed by atoms with van der Waals surface area (Å²) in [6, 6.07) is 6.47. The molecule has 1 unspecified atom stereocenters. The molecule has 2 rings (SSSR count). The maximum atomic E-state index is 12.1. The van der Waals surface area contributed by atoms with E-state index in [2.05, 4.69) is 54.5 Å². The molecule has 1 heterocycles. The summed E-state index contributed by atoms with van der Waals surface area (Å²) in [7, 11) is 0. The Hall–Kier alpha value is -2.10. The van der Waals surface area contributed by atoms with Crippen LogP contribution in [0.15, 0.2) is 30.6 Å². The number of carbonyl (C=O) groups is 1. The Morgan fingerprint density at radius 1 is 1.38 bits per heavy atom. The van der Waals surface area contributed by atoms with Crippen LogP contribution in [0.4, 0.5) is 0 Å². The van der Waals surface area contributed by atoms with Crippen molar-refractivity contribution in [2.24, 2.45) is 0 Å². The fourth-order valence-corrected chi connectivity index (χ4v) is 2.56. The molecule has 1 aromatic carbocycles. The van der Waals surface area contributed by atoms with Gasteiger partial charge >= 0.3 is 0 Å². The van der Waals surface area contributed by atoms with Gasteiger partial charge in [0.2, 0.25) is 5.91 Å². The molecule has 0 aliphatic rings. The van der Waals surface area contributed by atoms with E-state index in [1.54, 1.807) is 6.20 Å². The van der Waals surface area contributed by atoms with Gasteiger partial charge in [0.1, 0.15) is 0 Å². The fraction of sp³-hybridized carbons (Fsp3) is 0.412. The Morgan fingerprint density at radius 3 is 2.81 bits per heavy atom. The minimum atomic E-state index is 0.0856. The number of nitrogens with one attached hydrogen (secondary N) is 2. The fourth-order valence-electron chi connectivity index (χ4n) is 2.56. The van der Waals surface area contributed by atoms with Gasteiger partial charge in [-0.15, -0.1) is 0 Å². The van der Waals surface area contributed by atoms with E-state index in [1.807, 2.05) is 6.20 Å². The highest BCUT2D eigenvalue weighted by Gasteiger charge is 2.14. The minimum absolute atomic E-state index is 0.0856. The maximum absolute atomic E-state index is 12.1. The Labute approximate surface area is 126 Å². The van der Waals surface area contributed by atoms with Crippen LogP contribution in [0, 0.1) is 13.8 Å². The number of carbonyl (C=O) groups excluding carboxylic acids is 1. The van der Waals surface area contributed by atoms with Crippen LogP contribution < -0.4 is 5.32 Å². The number of benzene rings is 1. The molecule has 0 fully saturated rings. The molecule has 0 saturated carbocycles. The molecule has 1 aromatic heterocycles. The van der Waals surface area contributed by atoms with Crippen LogP contribution in [0.2, 0.25) is 0 Å². The van der Waals surface area contributed by atoms with Crippen molar-refractivity contribution in [3.05, 3.63) is 52.8 Å². The molecule has 0 saturated heterocycles. The monoisotopic (exact) mass is 285 g/mol. The van der Waals surface area contributed by atoms with Gasteiger partial charge in [-0.2, -0.15) is 5.10 Å². The van der Waals surface area contributed by atoms with Crippen molar-refractivity contribution in [2.75, 3.05) is 0 Å². The first kappa shape index (κ1) is 15.3.